The highest BCUT2D eigenvalue weighted by atomic mass is 16.6. The van der Waals surface area contributed by atoms with E-state index in [0.717, 1.165) is 0 Å². The molecule has 10 nitrogen and oxygen atoms in total. The van der Waals surface area contributed by atoms with E-state index in [9.17, 15) is 14.9 Å². The maximum Gasteiger partial charge on any atom is 0.413 e. The molecule has 0 saturated heterocycles. The van der Waals surface area contributed by atoms with Crippen LogP contribution < -0.4 is 20.5 Å². The number of benzene rings is 2. The number of nitrogen functional groups attached to an aromatic ring is 1. The lowest BCUT2D eigenvalue weighted by molar-refractivity contribution is -0.385. The largest absolute Gasteiger partial charge is 0.493 e. The molecule has 0 bridgehead atoms. The number of carbonyl (C=O) groups excluding carboxylic acids is 1. The van der Waals surface area contributed by atoms with Gasteiger partial charge in [-0.2, -0.15) is 0 Å². The molecule has 0 unspecified atom stereocenters. The molecular formula is C17H18N4O6. The van der Waals surface area contributed by atoms with Crippen LogP contribution in [0.25, 0.3) is 0 Å². The fourth-order valence-corrected chi connectivity index (χ4v) is 2.20. The maximum absolute atomic E-state index is 11.9. The number of ether oxygens (including phenoxy) is 3. The molecule has 0 fully saturated rings. The van der Waals surface area contributed by atoms with Gasteiger partial charge in [0, 0.05) is 11.3 Å². The van der Waals surface area contributed by atoms with Gasteiger partial charge in [-0.1, -0.05) is 0 Å². The first-order valence-electron chi connectivity index (χ1n) is 7.63. The van der Waals surface area contributed by atoms with Crippen molar-refractivity contribution in [1.29, 1.82) is 5.41 Å². The van der Waals surface area contributed by atoms with Gasteiger partial charge in [-0.3, -0.25) is 20.8 Å². The lowest BCUT2D eigenvalue weighted by Gasteiger charge is -2.12. The van der Waals surface area contributed by atoms with Crippen LogP contribution in [0.3, 0.4) is 0 Å². The van der Waals surface area contributed by atoms with E-state index in [2.05, 4.69) is 5.32 Å². The van der Waals surface area contributed by atoms with E-state index in [1.54, 1.807) is 24.3 Å². The zero-order valence-corrected chi connectivity index (χ0v) is 14.6. The van der Waals surface area contributed by atoms with Gasteiger partial charge in [0.1, 0.15) is 12.4 Å². The third kappa shape index (κ3) is 4.84. The number of nitrogens with two attached hydrogens (primary N) is 1. The van der Waals surface area contributed by atoms with Gasteiger partial charge < -0.3 is 19.9 Å². The zero-order valence-electron chi connectivity index (χ0n) is 14.6. The van der Waals surface area contributed by atoms with Crippen LogP contribution in [0, 0.1) is 15.5 Å². The molecule has 0 atom stereocenters. The monoisotopic (exact) mass is 374 g/mol. The molecule has 2 aromatic carbocycles. The minimum absolute atomic E-state index is 0.117. The summed E-state index contributed by atoms with van der Waals surface area (Å²) in [4.78, 5) is 22.5. The van der Waals surface area contributed by atoms with Gasteiger partial charge in [0.05, 0.1) is 30.8 Å². The Kier molecular flexibility index (Phi) is 6.15. The van der Waals surface area contributed by atoms with Crippen LogP contribution in [0.1, 0.15) is 11.1 Å². The molecule has 10 heteroatoms. The number of nitrogens with one attached hydrogen (secondary N) is 2. The molecule has 0 aliphatic rings. The maximum atomic E-state index is 11.9. The predicted octanol–water partition coefficient (Wildman–Crippen LogP) is 2.45. The number of amides is 1. The van der Waals surface area contributed by atoms with Crippen molar-refractivity contribution in [1.82, 2.24) is 5.32 Å². The Morgan fingerprint density at radius 1 is 1.19 bits per heavy atom. The number of nitrogens with zero attached hydrogens (tertiary/aromatic N) is 1. The molecule has 2 rings (SSSR count). The summed E-state index contributed by atoms with van der Waals surface area (Å²) in [7, 11) is 2.74. The molecule has 142 valence electrons. The van der Waals surface area contributed by atoms with Gasteiger partial charge >= 0.3 is 6.09 Å². The van der Waals surface area contributed by atoms with Crippen molar-refractivity contribution in [3.63, 3.8) is 0 Å². The molecule has 0 spiro atoms. The number of amidine groups is 1. The Hall–Kier alpha value is -3.82. The van der Waals surface area contributed by atoms with Gasteiger partial charge in [-0.15, -0.1) is 0 Å². The normalized spacial score (nSPS) is 10.0. The quantitative estimate of drug-likeness (QED) is 0.231. The van der Waals surface area contributed by atoms with E-state index in [0.29, 0.717) is 11.3 Å². The van der Waals surface area contributed by atoms with Crippen molar-refractivity contribution in [3.05, 3.63) is 57.6 Å². The Morgan fingerprint density at radius 2 is 1.78 bits per heavy atom. The highest BCUT2D eigenvalue weighted by Gasteiger charge is 2.21. The average Bonchev–Trinajstić information content (AvgIpc) is 2.65. The Labute approximate surface area is 154 Å². The molecule has 0 heterocycles. The summed E-state index contributed by atoms with van der Waals surface area (Å²) in [6.07, 6.45) is -0.930. The van der Waals surface area contributed by atoms with Gasteiger partial charge in [0.2, 0.25) is 0 Å². The summed E-state index contributed by atoms with van der Waals surface area (Å²) < 4.78 is 15.1. The van der Waals surface area contributed by atoms with E-state index in [1.165, 1.54) is 26.4 Å². The van der Waals surface area contributed by atoms with Crippen molar-refractivity contribution in [3.8, 4) is 11.5 Å². The minimum Gasteiger partial charge on any atom is -0.493 e. The molecule has 1 amide bonds. The Balaban J connectivity index is 2.08. The molecule has 0 aliphatic heterocycles. The number of carbonyl (C=O) groups is 1. The number of methoxy groups -OCH3 is 2. The first kappa shape index (κ1) is 19.5. The lowest BCUT2D eigenvalue weighted by atomic mass is 10.1. The number of nitro benzene ring substituents is 1. The van der Waals surface area contributed by atoms with E-state index in [-0.39, 0.29) is 28.6 Å². The molecular weight excluding hydrogens is 356 g/mol. The van der Waals surface area contributed by atoms with Crippen LogP contribution >= 0.6 is 0 Å². The summed E-state index contributed by atoms with van der Waals surface area (Å²) in [6, 6.07) is 8.85. The van der Waals surface area contributed by atoms with Gasteiger partial charge in [0.25, 0.3) is 5.69 Å². The number of anilines is 1. The number of hydrogen-bond donors (Lipinski definition) is 3. The molecule has 0 saturated carbocycles. The highest BCUT2D eigenvalue weighted by molar-refractivity contribution is 6.04. The Bertz CT molecular complexity index is 866. The van der Waals surface area contributed by atoms with Crippen LogP contribution in [-0.4, -0.2) is 31.1 Å². The number of hydrogen-bond acceptors (Lipinski definition) is 8. The van der Waals surface area contributed by atoms with Gasteiger partial charge in [0.15, 0.2) is 11.5 Å². The van der Waals surface area contributed by atoms with Crippen molar-refractivity contribution >= 4 is 23.3 Å². The smallest absolute Gasteiger partial charge is 0.413 e. The summed E-state index contributed by atoms with van der Waals surface area (Å²) in [5, 5.41) is 21.3. The molecule has 2 aromatic rings. The average molecular weight is 374 g/mol. The fraction of sp³-hybridized carbons (Fsp3) is 0.176. The highest BCUT2D eigenvalue weighted by Crippen LogP contribution is 2.34. The molecule has 0 aromatic heterocycles. The lowest BCUT2D eigenvalue weighted by Crippen LogP contribution is -2.31. The first-order chi connectivity index (χ1) is 12.8. The molecule has 0 aliphatic carbocycles. The summed E-state index contributed by atoms with van der Waals surface area (Å²) in [6.45, 7) is -0.391. The first-order valence-corrected chi connectivity index (χ1v) is 7.63. The van der Waals surface area contributed by atoms with Crippen LogP contribution in [0.15, 0.2) is 36.4 Å². The summed E-state index contributed by atoms with van der Waals surface area (Å²) in [5.41, 5.74) is 6.35. The third-order valence-electron chi connectivity index (χ3n) is 3.57. The third-order valence-corrected chi connectivity index (χ3v) is 3.57. The summed E-state index contributed by atoms with van der Waals surface area (Å²) in [5.74, 6) is 0.251. The van der Waals surface area contributed by atoms with Crippen LogP contribution in [0.2, 0.25) is 0 Å². The van der Waals surface area contributed by atoms with E-state index >= 15 is 0 Å². The topological polar surface area (TPSA) is 150 Å². The number of rotatable bonds is 6. The second kappa shape index (κ2) is 8.52. The summed E-state index contributed by atoms with van der Waals surface area (Å²) >= 11 is 0. The standard InChI is InChI=1S/C17H18N4O6/c1-25-14-7-11(13(21(23)24)8-15(14)26-2)9-27-17(22)20-16(19)10-3-5-12(18)6-4-10/h3-8H,9,18H2,1-2H3,(H2,19,20,22). The minimum atomic E-state index is -0.930. The molecule has 27 heavy (non-hydrogen) atoms. The van der Waals surface area contributed by atoms with Gasteiger partial charge in [-0.05, 0) is 30.3 Å². The van der Waals surface area contributed by atoms with Crippen molar-refractivity contribution in [2.45, 2.75) is 6.61 Å². The SMILES string of the molecule is COc1cc(COC(=O)NC(=N)c2ccc(N)cc2)c([N+](=O)[O-])cc1OC. The van der Waals surface area contributed by atoms with E-state index in [4.69, 9.17) is 25.4 Å². The second-order valence-corrected chi connectivity index (χ2v) is 5.29. The zero-order chi connectivity index (χ0) is 20.0. The fourth-order valence-electron chi connectivity index (χ4n) is 2.20. The van der Waals surface area contributed by atoms with Gasteiger partial charge in [-0.25, -0.2) is 4.79 Å². The van der Waals surface area contributed by atoms with E-state index < -0.39 is 17.6 Å². The second-order valence-electron chi connectivity index (χ2n) is 5.29. The van der Waals surface area contributed by atoms with Crippen LogP contribution in [0.5, 0.6) is 11.5 Å². The van der Waals surface area contributed by atoms with Crippen LogP contribution in [0.4, 0.5) is 16.2 Å². The predicted molar refractivity (Wildman–Crippen MR) is 97.2 cm³/mol. The Morgan fingerprint density at radius 3 is 2.33 bits per heavy atom. The van der Waals surface area contributed by atoms with Crippen molar-refractivity contribution < 1.29 is 23.9 Å². The van der Waals surface area contributed by atoms with Crippen molar-refractivity contribution in [2.24, 2.45) is 0 Å². The molecule has 0 radical (unpaired) electrons. The van der Waals surface area contributed by atoms with E-state index in [1.807, 2.05) is 0 Å². The molecule has 4 N–H and O–H groups in total. The number of nitro groups is 1. The van der Waals surface area contributed by atoms with Crippen LogP contribution in [-0.2, 0) is 11.3 Å². The van der Waals surface area contributed by atoms with Crippen molar-refractivity contribution in [2.75, 3.05) is 20.0 Å². The number of alkyl carbamates (subject to hydrolysis) is 1.